The zero-order chi connectivity index (χ0) is 19.2. The first-order valence-corrected chi connectivity index (χ1v) is 7.77. The number of anilines is 2. The van der Waals surface area contributed by atoms with Gasteiger partial charge in [-0.25, -0.2) is 9.67 Å². The van der Waals surface area contributed by atoms with Gasteiger partial charge in [-0.05, 0) is 23.8 Å². The topological polar surface area (TPSA) is 113 Å². The SMILES string of the molecule is Nc1ccc(Cn2cnc3c(-n4cccn4)nc(N)nc32)c(C(F)(F)F)c1. The highest BCUT2D eigenvalue weighted by atomic mass is 19.4. The molecule has 0 fully saturated rings. The van der Waals surface area contributed by atoms with Crippen LogP contribution in [0.1, 0.15) is 11.1 Å². The van der Waals surface area contributed by atoms with E-state index in [1.54, 1.807) is 18.5 Å². The van der Waals surface area contributed by atoms with Gasteiger partial charge < -0.3 is 16.0 Å². The first-order valence-electron chi connectivity index (χ1n) is 7.77. The number of imidazole rings is 1. The van der Waals surface area contributed by atoms with Crippen molar-refractivity contribution in [2.24, 2.45) is 0 Å². The van der Waals surface area contributed by atoms with Crippen molar-refractivity contribution in [3.05, 3.63) is 54.1 Å². The summed E-state index contributed by atoms with van der Waals surface area (Å²) in [7, 11) is 0. The van der Waals surface area contributed by atoms with E-state index in [0.717, 1.165) is 6.07 Å². The maximum Gasteiger partial charge on any atom is 0.416 e. The molecule has 0 bridgehead atoms. The molecule has 27 heavy (non-hydrogen) atoms. The maximum absolute atomic E-state index is 13.3. The van der Waals surface area contributed by atoms with E-state index in [-0.39, 0.29) is 23.7 Å². The van der Waals surface area contributed by atoms with Crippen molar-refractivity contribution in [2.45, 2.75) is 12.7 Å². The number of fused-ring (bicyclic) bond motifs is 1. The fourth-order valence-electron chi connectivity index (χ4n) is 2.79. The molecule has 1 aromatic carbocycles. The zero-order valence-corrected chi connectivity index (χ0v) is 13.7. The van der Waals surface area contributed by atoms with Crippen LogP contribution in [0.2, 0.25) is 0 Å². The zero-order valence-electron chi connectivity index (χ0n) is 13.7. The molecule has 0 saturated carbocycles. The minimum Gasteiger partial charge on any atom is -0.399 e. The summed E-state index contributed by atoms with van der Waals surface area (Å²) in [6, 6.07) is 5.36. The van der Waals surface area contributed by atoms with Crippen molar-refractivity contribution in [3.8, 4) is 5.82 Å². The van der Waals surface area contributed by atoms with E-state index >= 15 is 0 Å². The predicted octanol–water partition coefficient (Wildman–Crippen LogP) is 2.24. The molecule has 0 unspecified atom stereocenters. The molecule has 0 aliphatic carbocycles. The predicted molar refractivity (Wildman–Crippen MR) is 91.8 cm³/mol. The first-order chi connectivity index (χ1) is 12.8. The second-order valence-electron chi connectivity index (χ2n) is 5.82. The summed E-state index contributed by atoms with van der Waals surface area (Å²) in [5, 5.41) is 4.09. The second-order valence-corrected chi connectivity index (χ2v) is 5.82. The van der Waals surface area contributed by atoms with Crippen LogP contribution < -0.4 is 11.5 Å². The Bertz CT molecular complexity index is 1110. The molecule has 8 nitrogen and oxygen atoms in total. The quantitative estimate of drug-likeness (QED) is 0.532. The number of nitrogens with zero attached hydrogens (tertiary/aromatic N) is 6. The number of alkyl halides is 3. The number of aromatic nitrogens is 6. The lowest BCUT2D eigenvalue weighted by molar-refractivity contribution is -0.138. The number of rotatable bonds is 3. The molecule has 0 amide bonds. The van der Waals surface area contributed by atoms with Gasteiger partial charge in [0.1, 0.15) is 0 Å². The normalized spacial score (nSPS) is 12.0. The lowest BCUT2D eigenvalue weighted by Crippen LogP contribution is -2.13. The Morgan fingerprint density at radius 1 is 1.11 bits per heavy atom. The molecule has 0 saturated heterocycles. The fourth-order valence-corrected chi connectivity index (χ4v) is 2.79. The molecule has 4 N–H and O–H groups in total. The third-order valence-electron chi connectivity index (χ3n) is 3.96. The van der Waals surface area contributed by atoms with E-state index in [2.05, 4.69) is 20.1 Å². The van der Waals surface area contributed by atoms with Crippen LogP contribution in [0.25, 0.3) is 17.0 Å². The van der Waals surface area contributed by atoms with Crippen LogP contribution in [0.4, 0.5) is 24.8 Å². The highest BCUT2D eigenvalue weighted by Crippen LogP contribution is 2.34. The average molecular weight is 374 g/mol. The van der Waals surface area contributed by atoms with Crippen molar-refractivity contribution in [3.63, 3.8) is 0 Å². The minimum absolute atomic E-state index is 0.0359. The molecule has 11 heteroatoms. The Balaban J connectivity index is 1.83. The molecule has 0 spiro atoms. The Morgan fingerprint density at radius 2 is 1.93 bits per heavy atom. The van der Waals surface area contributed by atoms with Crippen molar-refractivity contribution in [1.82, 2.24) is 29.3 Å². The summed E-state index contributed by atoms with van der Waals surface area (Å²) in [5.41, 5.74) is 11.2. The monoisotopic (exact) mass is 374 g/mol. The Kier molecular flexibility index (Phi) is 3.72. The summed E-state index contributed by atoms with van der Waals surface area (Å²) in [5.74, 6) is 0.303. The highest BCUT2D eigenvalue weighted by Gasteiger charge is 2.33. The second kappa shape index (κ2) is 5.97. The minimum atomic E-state index is -4.53. The number of hydrogen-bond donors (Lipinski definition) is 2. The van der Waals surface area contributed by atoms with Gasteiger partial charge in [-0.3, -0.25) is 0 Å². The van der Waals surface area contributed by atoms with Gasteiger partial charge >= 0.3 is 6.18 Å². The van der Waals surface area contributed by atoms with E-state index in [4.69, 9.17) is 11.5 Å². The van der Waals surface area contributed by atoms with Gasteiger partial charge in [0.15, 0.2) is 17.0 Å². The van der Waals surface area contributed by atoms with Crippen molar-refractivity contribution < 1.29 is 13.2 Å². The summed E-state index contributed by atoms with van der Waals surface area (Å²) >= 11 is 0. The summed E-state index contributed by atoms with van der Waals surface area (Å²) < 4.78 is 43.0. The number of benzene rings is 1. The van der Waals surface area contributed by atoms with E-state index in [1.165, 1.54) is 27.7 Å². The molecule has 0 radical (unpaired) electrons. The van der Waals surface area contributed by atoms with Crippen LogP contribution in [0.3, 0.4) is 0 Å². The summed E-state index contributed by atoms with van der Waals surface area (Å²) in [6.45, 7) is -0.110. The van der Waals surface area contributed by atoms with E-state index in [1.807, 2.05) is 0 Å². The number of halogens is 3. The third-order valence-corrected chi connectivity index (χ3v) is 3.96. The molecule has 4 rings (SSSR count). The van der Waals surface area contributed by atoms with Gasteiger partial charge in [-0.15, -0.1) is 0 Å². The van der Waals surface area contributed by atoms with E-state index in [0.29, 0.717) is 17.0 Å². The Morgan fingerprint density at radius 3 is 2.63 bits per heavy atom. The van der Waals surface area contributed by atoms with Gasteiger partial charge in [0, 0.05) is 18.1 Å². The molecular formula is C16H13F3N8. The molecule has 0 aliphatic heterocycles. The Hall–Kier alpha value is -3.63. The van der Waals surface area contributed by atoms with Crippen molar-refractivity contribution in [1.29, 1.82) is 0 Å². The van der Waals surface area contributed by atoms with Crippen LogP contribution in [-0.2, 0) is 12.7 Å². The van der Waals surface area contributed by atoms with Crippen LogP contribution >= 0.6 is 0 Å². The number of nitrogen functional groups attached to an aromatic ring is 2. The van der Waals surface area contributed by atoms with Gasteiger partial charge in [0.25, 0.3) is 0 Å². The maximum atomic E-state index is 13.3. The highest BCUT2D eigenvalue weighted by molar-refractivity contribution is 5.79. The van der Waals surface area contributed by atoms with Crippen LogP contribution in [0, 0.1) is 0 Å². The van der Waals surface area contributed by atoms with Gasteiger partial charge in [0.05, 0.1) is 18.4 Å². The van der Waals surface area contributed by atoms with Crippen molar-refractivity contribution in [2.75, 3.05) is 11.5 Å². The van der Waals surface area contributed by atoms with Crippen LogP contribution in [0.15, 0.2) is 43.0 Å². The average Bonchev–Trinajstić information content (AvgIpc) is 3.25. The molecule has 0 aliphatic rings. The van der Waals surface area contributed by atoms with Gasteiger partial charge in [-0.2, -0.15) is 28.2 Å². The number of hydrogen-bond acceptors (Lipinski definition) is 6. The van der Waals surface area contributed by atoms with E-state index < -0.39 is 11.7 Å². The lowest BCUT2D eigenvalue weighted by Gasteiger charge is -2.14. The largest absolute Gasteiger partial charge is 0.416 e. The fraction of sp³-hybridized carbons (Fsp3) is 0.125. The smallest absolute Gasteiger partial charge is 0.399 e. The molecule has 3 heterocycles. The lowest BCUT2D eigenvalue weighted by atomic mass is 10.1. The molecule has 4 aromatic rings. The molecule has 3 aromatic heterocycles. The Labute approximate surface area is 150 Å². The molecular weight excluding hydrogens is 361 g/mol. The molecule has 138 valence electrons. The first kappa shape index (κ1) is 16.8. The standard InChI is InChI=1S/C16H13F3N8/c17-16(18,19)11-6-10(20)3-2-9(11)7-26-8-22-12-13(26)24-15(21)25-14(12)27-5-1-4-23-27/h1-6,8H,7,20H2,(H2,21,24,25). The van der Waals surface area contributed by atoms with Gasteiger partial charge in [-0.1, -0.05) is 6.07 Å². The van der Waals surface area contributed by atoms with Gasteiger partial charge in [0.2, 0.25) is 5.95 Å². The third kappa shape index (κ3) is 3.03. The summed E-state index contributed by atoms with van der Waals surface area (Å²) in [6.07, 6.45) is 0.0741. The number of nitrogens with two attached hydrogens (primary N) is 2. The molecule has 0 atom stereocenters. The van der Waals surface area contributed by atoms with Crippen LogP contribution in [0.5, 0.6) is 0 Å². The van der Waals surface area contributed by atoms with Crippen molar-refractivity contribution >= 4 is 22.8 Å². The van der Waals surface area contributed by atoms with Crippen LogP contribution in [-0.4, -0.2) is 29.3 Å². The van der Waals surface area contributed by atoms with E-state index in [9.17, 15) is 13.2 Å². The summed E-state index contributed by atoms with van der Waals surface area (Å²) in [4.78, 5) is 12.5.